The van der Waals surface area contributed by atoms with Gasteiger partial charge in [-0.15, -0.1) is 0 Å². The molecule has 3 aromatic rings. The summed E-state index contributed by atoms with van der Waals surface area (Å²) in [6.45, 7) is 4.26. The summed E-state index contributed by atoms with van der Waals surface area (Å²) in [4.78, 5) is 23.7. The van der Waals surface area contributed by atoms with Gasteiger partial charge in [0.25, 0.3) is 5.91 Å². The van der Waals surface area contributed by atoms with Gasteiger partial charge in [0.1, 0.15) is 23.7 Å². The van der Waals surface area contributed by atoms with Gasteiger partial charge in [-0.3, -0.25) is 4.79 Å². The third kappa shape index (κ3) is 3.40. The van der Waals surface area contributed by atoms with Gasteiger partial charge in [-0.05, 0) is 56.5 Å². The number of aryl methyl sites for hydroxylation is 1. The number of aromatic nitrogens is 2. The van der Waals surface area contributed by atoms with Crippen molar-refractivity contribution in [1.82, 2.24) is 15.3 Å². The maximum atomic E-state index is 12.5. The van der Waals surface area contributed by atoms with Gasteiger partial charge >= 0.3 is 0 Å². The van der Waals surface area contributed by atoms with E-state index < -0.39 is 0 Å². The molecule has 1 aliphatic heterocycles. The highest BCUT2D eigenvalue weighted by Crippen LogP contribution is 2.26. The van der Waals surface area contributed by atoms with Crippen molar-refractivity contribution in [2.24, 2.45) is 0 Å². The molecule has 1 fully saturated rings. The monoisotopic (exact) mass is 350 g/mol. The lowest BCUT2D eigenvalue weighted by atomic mass is 10.1. The molecule has 6 heteroatoms. The molecule has 1 aliphatic rings. The molecule has 134 valence electrons. The summed E-state index contributed by atoms with van der Waals surface area (Å²) in [5, 5.41) is 3.83. The summed E-state index contributed by atoms with van der Waals surface area (Å²) >= 11 is 0. The Balaban J connectivity index is 1.58. The third-order valence-electron chi connectivity index (χ3n) is 4.75. The van der Waals surface area contributed by atoms with Crippen molar-refractivity contribution < 1.29 is 9.21 Å². The Morgan fingerprint density at radius 1 is 1.15 bits per heavy atom. The summed E-state index contributed by atoms with van der Waals surface area (Å²) in [5.74, 6) is 2.37. The van der Waals surface area contributed by atoms with Crippen molar-refractivity contribution in [3.63, 3.8) is 0 Å². The van der Waals surface area contributed by atoms with E-state index in [2.05, 4.69) is 20.2 Å². The fourth-order valence-electron chi connectivity index (χ4n) is 3.39. The molecular weight excluding hydrogens is 328 g/mol. The molecule has 2 aromatic heterocycles. The highest BCUT2D eigenvalue weighted by Gasteiger charge is 2.17. The van der Waals surface area contributed by atoms with Gasteiger partial charge in [-0.25, -0.2) is 9.97 Å². The molecule has 4 rings (SSSR count). The van der Waals surface area contributed by atoms with Gasteiger partial charge in [0.05, 0.1) is 12.1 Å². The lowest BCUT2D eigenvalue weighted by Gasteiger charge is -2.28. The highest BCUT2D eigenvalue weighted by atomic mass is 16.3. The molecule has 1 N–H and O–H groups in total. The smallest absolute Gasteiger partial charge is 0.251 e. The largest absolute Gasteiger partial charge is 0.465 e. The maximum absolute atomic E-state index is 12.5. The van der Waals surface area contributed by atoms with Crippen molar-refractivity contribution in [3.05, 3.63) is 53.7 Å². The zero-order valence-electron chi connectivity index (χ0n) is 14.9. The predicted molar refractivity (Wildman–Crippen MR) is 100 cm³/mol. The van der Waals surface area contributed by atoms with Crippen LogP contribution < -0.4 is 10.2 Å². The van der Waals surface area contributed by atoms with E-state index in [4.69, 9.17) is 4.42 Å². The van der Waals surface area contributed by atoms with Gasteiger partial charge < -0.3 is 14.6 Å². The fourth-order valence-corrected chi connectivity index (χ4v) is 3.39. The van der Waals surface area contributed by atoms with Crippen molar-refractivity contribution >= 4 is 22.6 Å². The van der Waals surface area contributed by atoms with E-state index in [0.29, 0.717) is 12.1 Å². The zero-order chi connectivity index (χ0) is 17.9. The highest BCUT2D eigenvalue weighted by molar-refractivity contribution is 6.00. The number of benzene rings is 1. The Morgan fingerprint density at radius 2 is 2.00 bits per heavy atom. The predicted octanol–water partition coefficient (Wildman–Crippen LogP) is 3.45. The van der Waals surface area contributed by atoms with E-state index in [9.17, 15) is 4.79 Å². The number of anilines is 1. The molecule has 1 aromatic carbocycles. The number of carbonyl (C=O) groups excluding carboxylic acids is 1. The first-order chi connectivity index (χ1) is 12.7. The van der Waals surface area contributed by atoms with E-state index in [-0.39, 0.29) is 5.91 Å². The van der Waals surface area contributed by atoms with Crippen LogP contribution in [0.15, 0.2) is 41.1 Å². The van der Waals surface area contributed by atoms with Crippen LogP contribution in [-0.2, 0) is 6.54 Å². The Kier molecular flexibility index (Phi) is 4.56. The summed E-state index contributed by atoms with van der Waals surface area (Å²) in [5.41, 5.74) is 1.47. The van der Waals surface area contributed by atoms with Crippen LogP contribution >= 0.6 is 0 Å². The van der Waals surface area contributed by atoms with Crippen LogP contribution in [0.5, 0.6) is 0 Å². The molecular formula is C20H22N4O2. The maximum Gasteiger partial charge on any atom is 0.251 e. The summed E-state index contributed by atoms with van der Waals surface area (Å²) < 4.78 is 5.50. The number of furan rings is 1. The topological polar surface area (TPSA) is 71.3 Å². The van der Waals surface area contributed by atoms with E-state index in [1.54, 1.807) is 12.4 Å². The average molecular weight is 350 g/mol. The molecule has 0 unspecified atom stereocenters. The summed E-state index contributed by atoms with van der Waals surface area (Å²) in [6, 6.07) is 9.34. The van der Waals surface area contributed by atoms with Crippen LogP contribution in [0.2, 0.25) is 0 Å². The standard InChI is InChI=1S/C20H22N4O2/c1-14-5-7-16(26-14)12-21-20(25)15-6-8-18-17(11-15)19(23-13-22-18)24-9-3-2-4-10-24/h5-8,11,13H,2-4,9-10,12H2,1H3,(H,21,25). The van der Waals surface area contributed by atoms with Crippen LogP contribution in [0, 0.1) is 6.92 Å². The van der Waals surface area contributed by atoms with Crippen molar-refractivity contribution in [2.45, 2.75) is 32.7 Å². The lowest BCUT2D eigenvalue weighted by Crippen LogP contribution is -2.30. The van der Waals surface area contributed by atoms with Crippen molar-refractivity contribution in [3.8, 4) is 0 Å². The SMILES string of the molecule is Cc1ccc(CNC(=O)c2ccc3ncnc(N4CCCCC4)c3c2)o1. The average Bonchev–Trinajstić information content (AvgIpc) is 3.11. The first-order valence-electron chi connectivity index (χ1n) is 9.04. The van der Waals surface area contributed by atoms with Crippen molar-refractivity contribution in [1.29, 1.82) is 0 Å². The molecule has 0 bridgehead atoms. The molecule has 3 heterocycles. The molecule has 1 saturated heterocycles. The summed E-state index contributed by atoms with van der Waals surface area (Å²) in [6.07, 6.45) is 5.22. The van der Waals surface area contributed by atoms with E-state index in [1.807, 2.05) is 31.2 Å². The van der Waals surface area contributed by atoms with Crippen LogP contribution in [0.25, 0.3) is 10.9 Å². The van der Waals surface area contributed by atoms with Crippen LogP contribution in [-0.4, -0.2) is 29.0 Å². The molecule has 1 amide bonds. The zero-order valence-corrected chi connectivity index (χ0v) is 14.9. The van der Waals surface area contributed by atoms with E-state index >= 15 is 0 Å². The second-order valence-corrected chi connectivity index (χ2v) is 6.67. The summed E-state index contributed by atoms with van der Waals surface area (Å²) in [7, 11) is 0. The second-order valence-electron chi connectivity index (χ2n) is 6.67. The Bertz CT molecular complexity index is 928. The molecule has 0 aliphatic carbocycles. The van der Waals surface area contributed by atoms with Gasteiger partial charge in [0.15, 0.2) is 0 Å². The number of carbonyl (C=O) groups is 1. The number of fused-ring (bicyclic) bond motifs is 1. The molecule has 0 atom stereocenters. The number of nitrogens with zero attached hydrogens (tertiary/aromatic N) is 3. The number of nitrogens with one attached hydrogen (secondary N) is 1. The number of piperidine rings is 1. The molecule has 0 spiro atoms. The first kappa shape index (κ1) is 16.6. The van der Waals surface area contributed by atoms with Gasteiger partial charge in [-0.1, -0.05) is 0 Å². The van der Waals surface area contributed by atoms with Crippen LogP contribution in [0.1, 0.15) is 41.1 Å². The Hall–Kier alpha value is -2.89. The molecule has 0 radical (unpaired) electrons. The minimum atomic E-state index is -0.130. The van der Waals surface area contributed by atoms with Crippen LogP contribution in [0.4, 0.5) is 5.82 Å². The Labute approximate surface area is 152 Å². The normalized spacial score (nSPS) is 14.6. The number of hydrogen-bond donors (Lipinski definition) is 1. The number of hydrogen-bond acceptors (Lipinski definition) is 5. The number of rotatable bonds is 4. The molecule has 6 nitrogen and oxygen atoms in total. The van der Waals surface area contributed by atoms with Gasteiger partial charge in [0.2, 0.25) is 0 Å². The fraction of sp³-hybridized carbons (Fsp3) is 0.350. The van der Waals surface area contributed by atoms with Crippen LogP contribution in [0.3, 0.4) is 0 Å². The van der Waals surface area contributed by atoms with E-state index in [0.717, 1.165) is 41.3 Å². The Morgan fingerprint density at radius 3 is 2.77 bits per heavy atom. The van der Waals surface area contributed by atoms with Crippen molar-refractivity contribution in [2.75, 3.05) is 18.0 Å². The van der Waals surface area contributed by atoms with Gasteiger partial charge in [0, 0.05) is 24.0 Å². The minimum absolute atomic E-state index is 0.130. The third-order valence-corrected chi connectivity index (χ3v) is 4.75. The second kappa shape index (κ2) is 7.15. The molecule has 0 saturated carbocycles. The quantitative estimate of drug-likeness (QED) is 0.780. The lowest BCUT2D eigenvalue weighted by molar-refractivity contribution is 0.0948. The van der Waals surface area contributed by atoms with Gasteiger partial charge in [-0.2, -0.15) is 0 Å². The molecule has 26 heavy (non-hydrogen) atoms. The van der Waals surface area contributed by atoms with E-state index in [1.165, 1.54) is 19.3 Å². The number of amides is 1. The first-order valence-corrected chi connectivity index (χ1v) is 9.04. The minimum Gasteiger partial charge on any atom is -0.465 e.